The first kappa shape index (κ1) is 21.6. The maximum absolute atomic E-state index is 13.2. The van der Waals surface area contributed by atoms with Crippen molar-refractivity contribution in [1.29, 1.82) is 0 Å². The lowest BCUT2D eigenvalue weighted by atomic mass is 9.99. The number of carbonyl (C=O) groups excluding carboxylic acids is 1. The van der Waals surface area contributed by atoms with Crippen molar-refractivity contribution >= 4 is 5.91 Å². The van der Waals surface area contributed by atoms with E-state index in [1.807, 2.05) is 0 Å². The summed E-state index contributed by atoms with van der Waals surface area (Å²) in [4.78, 5) is 20.1. The Morgan fingerprint density at radius 2 is 1.83 bits per heavy atom. The van der Waals surface area contributed by atoms with Crippen molar-refractivity contribution < 1.29 is 9.53 Å². The lowest BCUT2D eigenvalue weighted by Gasteiger charge is -2.37. The Balaban J connectivity index is 1.31. The molecular formula is C21H37N7O2. The zero-order valence-electron chi connectivity index (χ0n) is 18.4. The molecule has 1 amide bonds. The van der Waals surface area contributed by atoms with Gasteiger partial charge in [-0.2, -0.15) is 0 Å². The van der Waals surface area contributed by atoms with Crippen LogP contribution in [0.3, 0.4) is 0 Å². The minimum Gasteiger partial charge on any atom is -0.379 e. The molecule has 0 N–H and O–H groups in total. The fraction of sp³-hybridized carbons (Fsp3) is 0.905. The van der Waals surface area contributed by atoms with Gasteiger partial charge in [0.2, 0.25) is 5.91 Å². The molecule has 0 bridgehead atoms. The predicted octanol–water partition coefficient (Wildman–Crippen LogP) is 1.01. The normalized spacial score (nSPS) is 25.0. The second kappa shape index (κ2) is 10.6. The number of piperidine rings is 2. The summed E-state index contributed by atoms with van der Waals surface area (Å²) in [7, 11) is 0. The first-order chi connectivity index (χ1) is 14.7. The summed E-state index contributed by atoms with van der Waals surface area (Å²) in [6.07, 6.45) is 6.89. The molecule has 4 rings (SSSR count). The third-order valence-corrected chi connectivity index (χ3v) is 6.96. The van der Waals surface area contributed by atoms with E-state index in [0.29, 0.717) is 6.04 Å². The Bertz CT molecular complexity index is 668. The van der Waals surface area contributed by atoms with Crippen molar-refractivity contribution in [2.75, 3.05) is 52.5 Å². The molecule has 3 aliphatic rings. The van der Waals surface area contributed by atoms with Crippen LogP contribution in [0.15, 0.2) is 0 Å². The molecule has 0 saturated carbocycles. The molecule has 3 saturated heterocycles. The Morgan fingerprint density at radius 3 is 2.63 bits per heavy atom. The van der Waals surface area contributed by atoms with Gasteiger partial charge in [0.25, 0.3) is 0 Å². The summed E-state index contributed by atoms with van der Waals surface area (Å²) < 4.78 is 7.17. The number of morpholine rings is 1. The zero-order valence-corrected chi connectivity index (χ0v) is 18.4. The van der Waals surface area contributed by atoms with Crippen molar-refractivity contribution in [1.82, 2.24) is 34.9 Å². The molecule has 9 nitrogen and oxygen atoms in total. The molecule has 1 aromatic rings. The van der Waals surface area contributed by atoms with E-state index in [-0.39, 0.29) is 12.5 Å². The Kier molecular flexibility index (Phi) is 7.67. The van der Waals surface area contributed by atoms with Gasteiger partial charge in [0, 0.05) is 32.2 Å². The van der Waals surface area contributed by atoms with Crippen molar-refractivity contribution in [2.45, 2.75) is 64.6 Å². The summed E-state index contributed by atoms with van der Waals surface area (Å²) in [6, 6.07) is 0.331. The number of likely N-dealkylation sites (tertiary alicyclic amines) is 2. The van der Waals surface area contributed by atoms with Gasteiger partial charge in [0.1, 0.15) is 6.54 Å². The summed E-state index contributed by atoms with van der Waals surface area (Å²) in [6.45, 7) is 11.0. The van der Waals surface area contributed by atoms with Crippen LogP contribution in [-0.4, -0.2) is 99.3 Å². The number of rotatable bonds is 7. The molecule has 30 heavy (non-hydrogen) atoms. The molecule has 1 aromatic heterocycles. The number of nitrogens with zero attached hydrogens (tertiary/aromatic N) is 7. The number of carbonyl (C=O) groups is 1. The van der Waals surface area contributed by atoms with Crippen LogP contribution in [0.5, 0.6) is 0 Å². The summed E-state index contributed by atoms with van der Waals surface area (Å²) >= 11 is 0. The van der Waals surface area contributed by atoms with Crippen LogP contribution < -0.4 is 0 Å². The number of ether oxygens (including phenoxy) is 1. The maximum atomic E-state index is 13.2. The minimum atomic E-state index is 0.155. The molecule has 1 unspecified atom stereocenters. The third-order valence-electron chi connectivity index (χ3n) is 6.96. The summed E-state index contributed by atoms with van der Waals surface area (Å²) in [5.41, 5.74) is 0. The zero-order chi connectivity index (χ0) is 20.8. The Labute approximate surface area is 179 Å². The van der Waals surface area contributed by atoms with Crippen molar-refractivity contribution in [3.8, 4) is 0 Å². The van der Waals surface area contributed by atoms with Gasteiger partial charge >= 0.3 is 0 Å². The van der Waals surface area contributed by atoms with E-state index in [9.17, 15) is 4.79 Å². The first-order valence-electron chi connectivity index (χ1n) is 11.8. The monoisotopic (exact) mass is 419 g/mol. The van der Waals surface area contributed by atoms with Crippen molar-refractivity contribution in [3.63, 3.8) is 0 Å². The highest BCUT2D eigenvalue weighted by Crippen LogP contribution is 2.21. The number of hydrogen-bond donors (Lipinski definition) is 0. The third kappa shape index (κ3) is 5.76. The molecule has 0 radical (unpaired) electrons. The number of tetrazole rings is 1. The lowest BCUT2D eigenvalue weighted by Crippen LogP contribution is -2.47. The van der Waals surface area contributed by atoms with Crippen molar-refractivity contribution in [3.05, 3.63) is 5.82 Å². The quantitative estimate of drug-likeness (QED) is 0.652. The van der Waals surface area contributed by atoms with Gasteiger partial charge in [-0.1, -0.05) is 6.92 Å². The van der Waals surface area contributed by atoms with Gasteiger partial charge in [0.05, 0.1) is 19.8 Å². The minimum absolute atomic E-state index is 0.155. The Morgan fingerprint density at radius 1 is 1.03 bits per heavy atom. The highest BCUT2D eigenvalue weighted by atomic mass is 16.5. The molecule has 0 aliphatic carbocycles. The van der Waals surface area contributed by atoms with Crippen LogP contribution in [0.1, 0.15) is 51.3 Å². The number of hydrogen-bond acceptors (Lipinski definition) is 7. The second-order valence-electron chi connectivity index (χ2n) is 9.19. The molecule has 0 aromatic carbocycles. The van der Waals surface area contributed by atoms with Crippen LogP contribution >= 0.6 is 0 Å². The highest BCUT2D eigenvalue weighted by molar-refractivity contribution is 5.76. The van der Waals surface area contributed by atoms with E-state index < -0.39 is 0 Å². The molecule has 4 heterocycles. The van der Waals surface area contributed by atoms with Gasteiger partial charge in [-0.25, -0.2) is 4.68 Å². The largest absolute Gasteiger partial charge is 0.379 e. The predicted molar refractivity (Wildman–Crippen MR) is 113 cm³/mol. The molecule has 0 spiro atoms. The number of amides is 1. The van der Waals surface area contributed by atoms with Crippen LogP contribution in [-0.2, 0) is 22.6 Å². The van der Waals surface area contributed by atoms with E-state index in [1.54, 1.807) is 4.68 Å². The second-order valence-corrected chi connectivity index (χ2v) is 9.19. The van der Waals surface area contributed by atoms with Crippen LogP contribution in [0, 0.1) is 5.92 Å². The summed E-state index contributed by atoms with van der Waals surface area (Å²) in [5, 5.41) is 12.2. The van der Waals surface area contributed by atoms with Gasteiger partial charge in [-0.3, -0.25) is 14.6 Å². The molecular weight excluding hydrogens is 382 g/mol. The topological polar surface area (TPSA) is 79.6 Å². The number of aromatic nitrogens is 4. The van der Waals surface area contributed by atoms with E-state index in [2.05, 4.69) is 37.1 Å². The van der Waals surface area contributed by atoms with E-state index in [1.165, 1.54) is 19.3 Å². The van der Waals surface area contributed by atoms with Crippen LogP contribution in [0.4, 0.5) is 0 Å². The van der Waals surface area contributed by atoms with E-state index in [4.69, 9.17) is 4.74 Å². The average Bonchev–Trinajstić information content (AvgIpc) is 3.21. The molecule has 3 aliphatic heterocycles. The van der Waals surface area contributed by atoms with E-state index in [0.717, 1.165) is 90.0 Å². The van der Waals surface area contributed by atoms with Gasteiger partial charge in [-0.15, -0.1) is 5.10 Å². The lowest BCUT2D eigenvalue weighted by molar-refractivity contribution is -0.136. The Hall–Kier alpha value is -1.58. The summed E-state index contributed by atoms with van der Waals surface area (Å²) in [5.74, 6) is 1.76. The maximum Gasteiger partial charge on any atom is 0.244 e. The van der Waals surface area contributed by atoms with E-state index >= 15 is 0 Å². The fourth-order valence-electron chi connectivity index (χ4n) is 4.88. The van der Waals surface area contributed by atoms with Crippen molar-refractivity contribution in [2.24, 2.45) is 5.92 Å². The smallest absolute Gasteiger partial charge is 0.244 e. The highest BCUT2D eigenvalue weighted by Gasteiger charge is 2.28. The molecule has 3 fully saturated rings. The van der Waals surface area contributed by atoms with Crippen LogP contribution in [0.2, 0.25) is 0 Å². The standard InChI is InChI=1S/C21H37N7O2/c1-18-5-9-26(10-6-18)16-20-22-23-24-28(20)17-21(29)27-8-3-2-4-19(27)7-11-25-12-14-30-15-13-25/h18-19H,2-17H2,1H3. The molecule has 168 valence electrons. The molecule has 9 heteroatoms. The average molecular weight is 420 g/mol. The first-order valence-corrected chi connectivity index (χ1v) is 11.8. The van der Waals surface area contributed by atoms with Gasteiger partial charge in [0.15, 0.2) is 5.82 Å². The fourth-order valence-corrected chi connectivity index (χ4v) is 4.88. The van der Waals surface area contributed by atoms with Gasteiger partial charge in [-0.05, 0) is 68.0 Å². The SMILES string of the molecule is CC1CCN(Cc2nnnn2CC(=O)N2CCCCC2CCN2CCOCC2)CC1. The van der Waals surface area contributed by atoms with Gasteiger partial charge < -0.3 is 9.64 Å². The molecule has 1 atom stereocenters. The van der Waals surface area contributed by atoms with Crippen LogP contribution in [0.25, 0.3) is 0 Å².